The number of nitrogens with one attached hydrogen (secondary N) is 1. The average Bonchev–Trinajstić information content (AvgIpc) is 2.29. The first-order valence-corrected chi connectivity index (χ1v) is 5.18. The molecule has 0 atom stereocenters. The van der Waals surface area contributed by atoms with Crippen molar-refractivity contribution in [1.29, 1.82) is 10.5 Å². The van der Waals surface area contributed by atoms with Gasteiger partial charge in [0.15, 0.2) is 0 Å². The van der Waals surface area contributed by atoms with Gasteiger partial charge in [0.1, 0.15) is 17.7 Å². The molecule has 0 aliphatic heterocycles. The molecule has 1 aromatic rings. The summed E-state index contributed by atoms with van der Waals surface area (Å²) in [4.78, 5) is 11.0. The molecule has 0 unspecified atom stereocenters. The van der Waals surface area contributed by atoms with E-state index in [1.165, 1.54) is 6.07 Å². The van der Waals surface area contributed by atoms with Crippen LogP contribution in [0.15, 0.2) is 34.4 Å². The second kappa shape index (κ2) is 5.69. The summed E-state index contributed by atoms with van der Waals surface area (Å²) in [6.45, 7) is 0. The summed E-state index contributed by atoms with van der Waals surface area (Å²) in [5, 5.41) is 28.7. The smallest absolute Gasteiger partial charge is 0.338 e. The lowest BCUT2D eigenvalue weighted by molar-refractivity contribution is 0.0697. The van der Waals surface area contributed by atoms with Gasteiger partial charge >= 0.3 is 5.97 Å². The van der Waals surface area contributed by atoms with E-state index in [2.05, 4.69) is 21.2 Å². The molecule has 0 aromatic heterocycles. The second-order valence-corrected chi connectivity index (χ2v) is 3.75. The standard InChI is InChI=1S/C11H6BrN3O2/c12-8-2-1-3-9(10(8)11(16)17)15-6-7(4-13)5-14/h1-3,6,15H,(H,16,17). The van der Waals surface area contributed by atoms with Gasteiger partial charge in [-0.2, -0.15) is 10.5 Å². The van der Waals surface area contributed by atoms with Crippen LogP contribution in [-0.4, -0.2) is 11.1 Å². The minimum absolute atomic E-state index is 0.0407. The summed E-state index contributed by atoms with van der Waals surface area (Å²) in [6, 6.07) is 8.10. The van der Waals surface area contributed by atoms with Gasteiger partial charge in [0.05, 0.1) is 11.3 Å². The normalized spacial score (nSPS) is 8.65. The topological polar surface area (TPSA) is 96.9 Å². The largest absolute Gasteiger partial charge is 0.478 e. The van der Waals surface area contributed by atoms with E-state index in [1.54, 1.807) is 24.3 Å². The molecule has 1 rings (SSSR count). The number of rotatable bonds is 3. The molecule has 0 saturated heterocycles. The molecule has 17 heavy (non-hydrogen) atoms. The molecule has 0 heterocycles. The number of carboxylic acids is 1. The van der Waals surface area contributed by atoms with Crippen molar-refractivity contribution in [3.05, 3.63) is 40.0 Å². The fourth-order valence-corrected chi connectivity index (χ4v) is 1.64. The minimum atomic E-state index is -1.11. The number of hydrogen-bond acceptors (Lipinski definition) is 4. The molecule has 6 heteroatoms. The number of benzene rings is 1. The maximum Gasteiger partial charge on any atom is 0.338 e. The Morgan fingerprint density at radius 2 is 2.06 bits per heavy atom. The number of hydrogen-bond donors (Lipinski definition) is 2. The Kier molecular flexibility index (Phi) is 4.27. The first-order chi connectivity index (χ1) is 8.10. The van der Waals surface area contributed by atoms with Crippen LogP contribution in [0.2, 0.25) is 0 Å². The van der Waals surface area contributed by atoms with Crippen LogP contribution >= 0.6 is 15.9 Å². The predicted molar refractivity (Wildman–Crippen MR) is 64.0 cm³/mol. The zero-order valence-electron chi connectivity index (χ0n) is 8.44. The number of nitrogens with zero attached hydrogens (tertiary/aromatic N) is 2. The number of allylic oxidation sites excluding steroid dienone is 1. The third-order valence-electron chi connectivity index (χ3n) is 1.84. The van der Waals surface area contributed by atoms with Gasteiger partial charge in [-0.15, -0.1) is 0 Å². The van der Waals surface area contributed by atoms with Crippen LogP contribution in [0.5, 0.6) is 0 Å². The number of halogens is 1. The SMILES string of the molecule is N#CC(C#N)=CNc1cccc(Br)c1C(=O)O. The van der Waals surface area contributed by atoms with Gasteiger partial charge in [0.2, 0.25) is 0 Å². The fraction of sp³-hybridized carbons (Fsp3) is 0. The van der Waals surface area contributed by atoms with Crippen LogP contribution in [0.1, 0.15) is 10.4 Å². The Morgan fingerprint density at radius 1 is 1.41 bits per heavy atom. The van der Waals surface area contributed by atoms with Gasteiger partial charge in [0.25, 0.3) is 0 Å². The van der Waals surface area contributed by atoms with Crippen molar-refractivity contribution in [2.75, 3.05) is 5.32 Å². The molecule has 0 radical (unpaired) electrons. The Morgan fingerprint density at radius 3 is 2.59 bits per heavy atom. The maximum absolute atomic E-state index is 11.0. The average molecular weight is 292 g/mol. The van der Waals surface area contributed by atoms with Crippen molar-refractivity contribution in [2.24, 2.45) is 0 Å². The number of carbonyl (C=O) groups is 1. The quantitative estimate of drug-likeness (QED) is 0.834. The molecule has 84 valence electrons. The van der Waals surface area contributed by atoms with Crippen molar-refractivity contribution in [1.82, 2.24) is 0 Å². The molecule has 0 saturated carbocycles. The Hall–Kier alpha value is -2.31. The van der Waals surface area contributed by atoms with Crippen LogP contribution < -0.4 is 5.32 Å². The van der Waals surface area contributed by atoms with Crippen LogP contribution in [0, 0.1) is 22.7 Å². The Labute approximate surface area is 106 Å². The fourth-order valence-electron chi connectivity index (χ4n) is 1.10. The molecule has 5 nitrogen and oxygen atoms in total. The Balaban J connectivity index is 3.14. The van der Waals surface area contributed by atoms with Gasteiger partial charge in [-0.25, -0.2) is 4.79 Å². The van der Waals surface area contributed by atoms with E-state index in [9.17, 15) is 4.79 Å². The molecule has 0 amide bonds. The highest BCUT2D eigenvalue weighted by Gasteiger charge is 2.13. The summed E-state index contributed by atoms with van der Waals surface area (Å²) in [5.74, 6) is -1.11. The minimum Gasteiger partial charge on any atom is -0.478 e. The lowest BCUT2D eigenvalue weighted by atomic mass is 10.2. The summed E-state index contributed by atoms with van der Waals surface area (Å²) in [6.07, 6.45) is 1.16. The van der Waals surface area contributed by atoms with E-state index >= 15 is 0 Å². The number of carboxylic acid groups (broad SMARTS) is 1. The van der Waals surface area contributed by atoms with Gasteiger partial charge < -0.3 is 10.4 Å². The molecule has 0 bridgehead atoms. The number of anilines is 1. The van der Waals surface area contributed by atoms with Gasteiger partial charge in [0, 0.05) is 10.7 Å². The second-order valence-electron chi connectivity index (χ2n) is 2.89. The summed E-state index contributed by atoms with van der Waals surface area (Å²) in [5.41, 5.74) is 0.204. The molecule has 0 aliphatic rings. The van der Waals surface area contributed by atoms with E-state index in [1.807, 2.05) is 0 Å². The maximum atomic E-state index is 11.0. The summed E-state index contributed by atoms with van der Waals surface area (Å²) >= 11 is 3.12. The van der Waals surface area contributed by atoms with Crippen LogP contribution in [0.4, 0.5) is 5.69 Å². The summed E-state index contributed by atoms with van der Waals surface area (Å²) < 4.78 is 0.416. The van der Waals surface area contributed by atoms with Crippen LogP contribution in [0.3, 0.4) is 0 Å². The van der Waals surface area contributed by atoms with Crippen molar-refractivity contribution in [2.45, 2.75) is 0 Å². The zero-order valence-corrected chi connectivity index (χ0v) is 10.0. The highest BCUT2D eigenvalue weighted by Crippen LogP contribution is 2.24. The van der Waals surface area contributed by atoms with Crippen molar-refractivity contribution < 1.29 is 9.90 Å². The zero-order chi connectivity index (χ0) is 12.8. The van der Waals surface area contributed by atoms with E-state index in [0.29, 0.717) is 10.2 Å². The van der Waals surface area contributed by atoms with Crippen molar-refractivity contribution >= 4 is 27.6 Å². The van der Waals surface area contributed by atoms with Crippen LogP contribution in [0.25, 0.3) is 0 Å². The highest BCUT2D eigenvalue weighted by molar-refractivity contribution is 9.10. The molecule has 0 fully saturated rings. The molecule has 1 aromatic carbocycles. The van der Waals surface area contributed by atoms with Gasteiger partial charge in [-0.3, -0.25) is 0 Å². The molecule has 0 spiro atoms. The van der Waals surface area contributed by atoms with Crippen molar-refractivity contribution in [3.63, 3.8) is 0 Å². The van der Waals surface area contributed by atoms with Gasteiger partial charge in [-0.1, -0.05) is 6.07 Å². The lowest BCUT2D eigenvalue weighted by Gasteiger charge is -2.07. The van der Waals surface area contributed by atoms with E-state index in [0.717, 1.165) is 6.20 Å². The summed E-state index contributed by atoms with van der Waals surface area (Å²) in [7, 11) is 0. The van der Waals surface area contributed by atoms with E-state index in [-0.39, 0.29) is 11.1 Å². The Bertz CT molecular complexity index is 551. The molecule has 0 aliphatic carbocycles. The van der Waals surface area contributed by atoms with Crippen LogP contribution in [-0.2, 0) is 0 Å². The van der Waals surface area contributed by atoms with E-state index < -0.39 is 5.97 Å². The predicted octanol–water partition coefficient (Wildman–Crippen LogP) is 2.49. The lowest BCUT2D eigenvalue weighted by Crippen LogP contribution is -2.03. The first kappa shape index (κ1) is 12.8. The highest BCUT2D eigenvalue weighted by atomic mass is 79.9. The third-order valence-corrected chi connectivity index (χ3v) is 2.50. The molecule has 2 N–H and O–H groups in total. The molecular formula is C11H6BrN3O2. The van der Waals surface area contributed by atoms with Gasteiger partial charge in [-0.05, 0) is 28.1 Å². The van der Waals surface area contributed by atoms with Crippen molar-refractivity contribution in [3.8, 4) is 12.1 Å². The molecular weight excluding hydrogens is 286 g/mol. The monoisotopic (exact) mass is 291 g/mol. The first-order valence-electron chi connectivity index (χ1n) is 4.39. The third kappa shape index (κ3) is 3.07. The number of aromatic carboxylic acids is 1. The van der Waals surface area contributed by atoms with E-state index in [4.69, 9.17) is 15.6 Å². The number of nitriles is 2.